The number of hydrogen-bond acceptors (Lipinski definition) is 2. The zero-order chi connectivity index (χ0) is 6.69. The van der Waals surface area contributed by atoms with Crippen LogP contribution in [-0.4, -0.2) is 9.97 Å². The summed E-state index contributed by atoms with van der Waals surface area (Å²) < 4.78 is 0. The minimum absolute atomic E-state index is 0. The van der Waals surface area contributed by atoms with E-state index in [1.165, 1.54) is 0 Å². The molecule has 0 spiro atoms. The van der Waals surface area contributed by atoms with E-state index < -0.39 is 0 Å². The number of aryl methyl sites for hydroxylation is 1. The minimum Gasteiger partial charge on any atom is -0.258 e. The fourth-order valence-electron chi connectivity index (χ4n) is 0.568. The first-order valence-corrected chi connectivity index (χ1v) is 3.79. The molecule has 0 N–H and O–H groups in total. The molecule has 10 heavy (non-hydrogen) atoms. The first kappa shape index (κ1) is 10.0. The molecule has 4 heteroatoms. The van der Waals surface area contributed by atoms with Crippen LogP contribution in [0.15, 0.2) is 12.4 Å². The van der Waals surface area contributed by atoms with Crippen molar-refractivity contribution >= 4 is 32.9 Å². The summed E-state index contributed by atoms with van der Waals surface area (Å²) in [4.78, 5) is 8.14. The van der Waals surface area contributed by atoms with Gasteiger partial charge in [0.15, 0.2) is 0 Å². The van der Waals surface area contributed by atoms with E-state index >= 15 is 0 Å². The molecule has 1 rings (SSSR count). The van der Waals surface area contributed by atoms with Gasteiger partial charge in [-0.05, 0) is 6.92 Å². The Morgan fingerprint density at radius 1 is 1.40 bits per heavy atom. The van der Waals surface area contributed by atoms with Gasteiger partial charge in [-0.25, -0.2) is 0 Å². The second-order valence-electron chi connectivity index (χ2n) is 1.72. The third kappa shape index (κ3) is 2.34. The topological polar surface area (TPSA) is 25.8 Å². The molecule has 0 aliphatic carbocycles. The van der Waals surface area contributed by atoms with Crippen molar-refractivity contribution in [3.05, 3.63) is 23.8 Å². The number of rotatable bonds is 1. The van der Waals surface area contributed by atoms with Crippen LogP contribution in [-0.2, 0) is 5.33 Å². The summed E-state index contributed by atoms with van der Waals surface area (Å²) in [6.07, 6.45) is 3.39. The van der Waals surface area contributed by atoms with Crippen molar-refractivity contribution in [3.8, 4) is 0 Å². The molecule has 2 nitrogen and oxygen atoms in total. The maximum Gasteiger partial charge on any atom is 0.0721 e. The minimum atomic E-state index is 0. The van der Waals surface area contributed by atoms with Crippen LogP contribution in [0.25, 0.3) is 0 Å². The van der Waals surface area contributed by atoms with Crippen LogP contribution in [0.5, 0.6) is 0 Å². The Balaban J connectivity index is 0.000000810. The van der Waals surface area contributed by atoms with Crippen LogP contribution in [0.2, 0.25) is 0 Å². The van der Waals surface area contributed by atoms with Gasteiger partial charge in [0.05, 0.1) is 11.4 Å². The lowest BCUT2D eigenvalue weighted by molar-refractivity contribution is 1.04. The van der Waals surface area contributed by atoms with Crippen LogP contribution in [0.1, 0.15) is 11.4 Å². The Bertz CT molecular complexity index is 203. The Hall–Kier alpha value is 0.0400. The normalized spacial score (nSPS) is 8.60. The van der Waals surface area contributed by atoms with E-state index in [1.54, 1.807) is 12.4 Å². The molecule has 0 aromatic carbocycles. The monoisotopic (exact) mass is 266 g/mol. The summed E-state index contributed by atoms with van der Waals surface area (Å²) in [5, 5.41) is 0.784. The standard InChI is InChI=1S/C6H7BrN2.BrH/c1-5-6(4-7)9-3-2-8-5;/h2-3H,4H2,1H3;1H. The van der Waals surface area contributed by atoms with Crippen LogP contribution in [0.3, 0.4) is 0 Å². The highest BCUT2D eigenvalue weighted by atomic mass is 79.9. The summed E-state index contributed by atoms with van der Waals surface area (Å²) in [6, 6.07) is 0. The maximum atomic E-state index is 4.09. The van der Waals surface area contributed by atoms with E-state index in [1.807, 2.05) is 6.92 Å². The van der Waals surface area contributed by atoms with E-state index in [0.717, 1.165) is 16.7 Å². The first-order chi connectivity index (χ1) is 4.34. The van der Waals surface area contributed by atoms with Gasteiger partial charge < -0.3 is 0 Å². The van der Waals surface area contributed by atoms with E-state index in [4.69, 9.17) is 0 Å². The Kier molecular flexibility index (Phi) is 4.81. The van der Waals surface area contributed by atoms with Crippen molar-refractivity contribution in [1.82, 2.24) is 9.97 Å². The van der Waals surface area contributed by atoms with Gasteiger partial charge in [0.1, 0.15) is 0 Å². The van der Waals surface area contributed by atoms with Gasteiger partial charge >= 0.3 is 0 Å². The molecule has 0 saturated heterocycles. The fourth-order valence-corrected chi connectivity index (χ4v) is 1.12. The van der Waals surface area contributed by atoms with Crippen LogP contribution in [0, 0.1) is 6.92 Å². The third-order valence-electron chi connectivity index (χ3n) is 1.11. The highest BCUT2D eigenvalue weighted by Gasteiger charge is 1.94. The average Bonchev–Trinajstić information content (AvgIpc) is 1.89. The summed E-state index contributed by atoms with van der Waals surface area (Å²) in [5.41, 5.74) is 2.01. The van der Waals surface area contributed by atoms with Crippen molar-refractivity contribution in [3.63, 3.8) is 0 Å². The number of nitrogens with zero attached hydrogens (tertiary/aromatic N) is 2. The number of halogens is 2. The Morgan fingerprint density at radius 3 is 2.40 bits per heavy atom. The lowest BCUT2D eigenvalue weighted by Gasteiger charge is -1.95. The van der Waals surface area contributed by atoms with Crippen molar-refractivity contribution in [2.24, 2.45) is 0 Å². The first-order valence-electron chi connectivity index (χ1n) is 2.67. The fraction of sp³-hybridized carbons (Fsp3) is 0.333. The van der Waals surface area contributed by atoms with Crippen molar-refractivity contribution < 1.29 is 0 Å². The molecule has 1 aromatic heterocycles. The Labute approximate surface area is 79.0 Å². The summed E-state index contributed by atoms with van der Waals surface area (Å²) in [6.45, 7) is 1.95. The van der Waals surface area contributed by atoms with Crippen molar-refractivity contribution in [2.45, 2.75) is 12.3 Å². The van der Waals surface area contributed by atoms with E-state index in [0.29, 0.717) is 0 Å². The van der Waals surface area contributed by atoms with Crippen molar-refractivity contribution in [1.29, 1.82) is 0 Å². The van der Waals surface area contributed by atoms with Crippen LogP contribution < -0.4 is 0 Å². The molecule has 0 atom stereocenters. The van der Waals surface area contributed by atoms with Gasteiger partial charge in [0, 0.05) is 17.7 Å². The predicted octanol–water partition coefficient (Wildman–Crippen LogP) is 2.26. The van der Waals surface area contributed by atoms with Crippen LogP contribution in [0.4, 0.5) is 0 Å². The smallest absolute Gasteiger partial charge is 0.0721 e. The van der Waals surface area contributed by atoms with Gasteiger partial charge in [-0.3, -0.25) is 9.97 Å². The third-order valence-corrected chi connectivity index (χ3v) is 1.64. The highest BCUT2D eigenvalue weighted by molar-refractivity contribution is 9.08. The zero-order valence-electron chi connectivity index (χ0n) is 5.54. The molecular formula is C6H8Br2N2. The molecule has 0 fully saturated rings. The quantitative estimate of drug-likeness (QED) is 0.730. The second kappa shape index (κ2) is 4.79. The van der Waals surface area contributed by atoms with E-state index in [-0.39, 0.29) is 17.0 Å². The number of alkyl halides is 1. The lowest BCUT2D eigenvalue weighted by Crippen LogP contribution is -1.91. The maximum absolute atomic E-state index is 4.09. The molecule has 0 unspecified atom stereocenters. The molecular weight excluding hydrogens is 260 g/mol. The van der Waals surface area contributed by atoms with Crippen molar-refractivity contribution in [2.75, 3.05) is 0 Å². The van der Waals surface area contributed by atoms with Gasteiger partial charge in [-0.1, -0.05) is 15.9 Å². The molecule has 1 heterocycles. The highest BCUT2D eigenvalue weighted by Crippen LogP contribution is 2.03. The van der Waals surface area contributed by atoms with Gasteiger partial charge in [0.25, 0.3) is 0 Å². The molecule has 0 aliphatic heterocycles. The summed E-state index contributed by atoms with van der Waals surface area (Å²) >= 11 is 3.31. The van der Waals surface area contributed by atoms with E-state index in [9.17, 15) is 0 Å². The second-order valence-corrected chi connectivity index (χ2v) is 2.28. The molecule has 1 aromatic rings. The number of aromatic nitrogens is 2. The van der Waals surface area contributed by atoms with E-state index in [2.05, 4.69) is 25.9 Å². The number of hydrogen-bond donors (Lipinski definition) is 0. The average molecular weight is 268 g/mol. The predicted molar refractivity (Wildman–Crippen MR) is 49.7 cm³/mol. The largest absolute Gasteiger partial charge is 0.258 e. The Morgan fingerprint density at radius 2 is 2.00 bits per heavy atom. The van der Waals surface area contributed by atoms with Gasteiger partial charge in [-0.15, -0.1) is 17.0 Å². The van der Waals surface area contributed by atoms with Gasteiger partial charge in [0.2, 0.25) is 0 Å². The lowest BCUT2D eigenvalue weighted by atomic mass is 10.4. The zero-order valence-corrected chi connectivity index (χ0v) is 8.84. The molecule has 0 aliphatic rings. The molecule has 0 bridgehead atoms. The molecule has 0 amide bonds. The summed E-state index contributed by atoms with van der Waals surface area (Å²) in [7, 11) is 0. The molecule has 0 radical (unpaired) electrons. The molecule has 56 valence electrons. The molecule has 0 saturated carbocycles. The van der Waals surface area contributed by atoms with Gasteiger partial charge in [-0.2, -0.15) is 0 Å². The SMILES string of the molecule is Br.Cc1nccnc1CBr. The van der Waals surface area contributed by atoms with Crippen LogP contribution >= 0.6 is 32.9 Å². The summed E-state index contributed by atoms with van der Waals surface area (Å²) in [5.74, 6) is 0.